The van der Waals surface area contributed by atoms with Crippen molar-refractivity contribution < 1.29 is 14.4 Å². The van der Waals surface area contributed by atoms with E-state index in [1.807, 2.05) is 0 Å². The summed E-state index contributed by atoms with van der Waals surface area (Å²) in [6, 6.07) is 7.88. The lowest BCUT2D eigenvalue weighted by Gasteiger charge is -2.20. The number of anilines is 1. The van der Waals surface area contributed by atoms with Crippen LogP contribution in [-0.4, -0.2) is 17.5 Å². The van der Waals surface area contributed by atoms with E-state index in [-0.39, 0.29) is 49.9 Å². The second-order valence-electron chi connectivity index (χ2n) is 4.85. The summed E-state index contributed by atoms with van der Waals surface area (Å²) in [5.74, 6) is -1.06. The Balaban J connectivity index is 2.29. The molecular formula is C16H9Cl2NO3. The summed E-state index contributed by atoms with van der Waals surface area (Å²) in [6.07, 6.45) is 0. The molecule has 0 unspecified atom stereocenters. The normalized spacial score (nSPS) is 12.7. The average molecular weight is 334 g/mol. The molecule has 2 aromatic rings. The maximum Gasteiger partial charge on any atom is 0.221 e. The van der Waals surface area contributed by atoms with E-state index in [2.05, 4.69) is 5.32 Å². The number of carbonyl (C=O) groups excluding carboxylic acids is 3. The molecule has 0 aromatic heterocycles. The molecule has 0 saturated carbocycles. The monoisotopic (exact) mass is 333 g/mol. The summed E-state index contributed by atoms with van der Waals surface area (Å²) < 4.78 is 0. The van der Waals surface area contributed by atoms with Crippen molar-refractivity contribution in [2.45, 2.75) is 6.92 Å². The predicted octanol–water partition coefficient (Wildman–Crippen LogP) is 3.73. The van der Waals surface area contributed by atoms with Gasteiger partial charge in [0, 0.05) is 23.6 Å². The van der Waals surface area contributed by atoms with Gasteiger partial charge in [-0.05, 0) is 6.07 Å². The van der Waals surface area contributed by atoms with Crippen LogP contribution in [0.2, 0.25) is 10.0 Å². The molecule has 1 aliphatic rings. The van der Waals surface area contributed by atoms with Gasteiger partial charge in [-0.1, -0.05) is 47.5 Å². The van der Waals surface area contributed by atoms with Gasteiger partial charge in [0.05, 0.1) is 21.3 Å². The van der Waals surface area contributed by atoms with E-state index in [4.69, 9.17) is 23.2 Å². The fourth-order valence-corrected chi connectivity index (χ4v) is 3.11. The Morgan fingerprint density at radius 3 is 2.18 bits per heavy atom. The fourth-order valence-electron chi connectivity index (χ4n) is 2.47. The van der Waals surface area contributed by atoms with Crippen molar-refractivity contribution in [1.29, 1.82) is 0 Å². The van der Waals surface area contributed by atoms with Crippen molar-refractivity contribution in [3.8, 4) is 0 Å². The van der Waals surface area contributed by atoms with Gasteiger partial charge in [-0.15, -0.1) is 0 Å². The van der Waals surface area contributed by atoms with Gasteiger partial charge >= 0.3 is 0 Å². The standard InChI is InChI=1S/C16H9Cl2NO3/c1-7(20)19-14-11(17)6-10-12(13(14)18)16(22)9-5-3-2-4-8(9)15(10)21/h2-6H,1H3,(H,19,20). The number of hydrogen-bond acceptors (Lipinski definition) is 3. The van der Waals surface area contributed by atoms with Gasteiger partial charge in [-0.25, -0.2) is 0 Å². The van der Waals surface area contributed by atoms with Crippen LogP contribution in [0.4, 0.5) is 5.69 Å². The molecule has 4 nitrogen and oxygen atoms in total. The third-order valence-electron chi connectivity index (χ3n) is 3.41. The molecule has 110 valence electrons. The minimum atomic E-state index is -0.376. The van der Waals surface area contributed by atoms with Crippen molar-refractivity contribution in [1.82, 2.24) is 0 Å². The molecule has 2 aromatic carbocycles. The highest BCUT2D eigenvalue weighted by molar-refractivity contribution is 6.45. The first-order valence-corrected chi connectivity index (χ1v) is 7.15. The number of fused-ring (bicyclic) bond motifs is 2. The molecule has 6 heteroatoms. The summed E-state index contributed by atoms with van der Waals surface area (Å²) >= 11 is 12.3. The first kappa shape index (κ1) is 14.8. The summed E-state index contributed by atoms with van der Waals surface area (Å²) in [5, 5.41) is 2.57. The van der Waals surface area contributed by atoms with Crippen LogP contribution in [0.25, 0.3) is 0 Å². The van der Waals surface area contributed by atoms with Crippen molar-refractivity contribution in [2.24, 2.45) is 0 Å². The van der Waals surface area contributed by atoms with Crippen molar-refractivity contribution in [3.05, 3.63) is 62.6 Å². The molecule has 0 fully saturated rings. The summed E-state index contributed by atoms with van der Waals surface area (Å²) in [7, 11) is 0. The number of carbonyl (C=O) groups is 3. The smallest absolute Gasteiger partial charge is 0.221 e. The molecule has 1 amide bonds. The first-order chi connectivity index (χ1) is 10.4. The molecule has 0 heterocycles. The van der Waals surface area contributed by atoms with Crippen LogP contribution in [-0.2, 0) is 4.79 Å². The van der Waals surface area contributed by atoms with Crippen molar-refractivity contribution in [2.75, 3.05) is 5.32 Å². The van der Waals surface area contributed by atoms with Crippen LogP contribution in [0.15, 0.2) is 30.3 Å². The quantitative estimate of drug-likeness (QED) is 0.738. The Kier molecular flexibility index (Phi) is 3.51. The second-order valence-corrected chi connectivity index (χ2v) is 5.64. The van der Waals surface area contributed by atoms with E-state index in [1.165, 1.54) is 13.0 Å². The Morgan fingerprint density at radius 1 is 1.00 bits per heavy atom. The number of hydrogen-bond donors (Lipinski definition) is 1. The zero-order valence-corrected chi connectivity index (χ0v) is 12.9. The van der Waals surface area contributed by atoms with Crippen LogP contribution >= 0.6 is 23.2 Å². The minimum absolute atomic E-state index is 0.0226. The molecule has 3 rings (SSSR count). The van der Waals surface area contributed by atoms with E-state index < -0.39 is 0 Å². The Hall–Kier alpha value is -2.17. The Bertz CT molecular complexity index is 859. The zero-order valence-electron chi connectivity index (χ0n) is 11.4. The average Bonchev–Trinajstić information content (AvgIpc) is 2.48. The molecule has 0 bridgehead atoms. The fraction of sp³-hybridized carbons (Fsp3) is 0.0625. The Morgan fingerprint density at radius 2 is 1.59 bits per heavy atom. The van der Waals surface area contributed by atoms with Gasteiger partial charge in [0.15, 0.2) is 11.6 Å². The van der Waals surface area contributed by atoms with Gasteiger partial charge < -0.3 is 5.32 Å². The van der Waals surface area contributed by atoms with Crippen LogP contribution < -0.4 is 5.32 Å². The van der Waals surface area contributed by atoms with E-state index in [1.54, 1.807) is 24.3 Å². The van der Waals surface area contributed by atoms with Crippen LogP contribution in [0.3, 0.4) is 0 Å². The lowest BCUT2D eigenvalue weighted by atomic mass is 9.84. The molecular weight excluding hydrogens is 325 g/mol. The molecule has 0 aliphatic heterocycles. The third kappa shape index (κ3) is 2.12. The number of ketones is 2. The van der Waals surface area contributed by atoms with Gasteiger partial charge in [-0.2, -0.15) is 0 Å². The highest BCUT2D eigenvalue weighted by atomic mass is 35.5. The molecule has 0 radical (unpaired) electrons. The number of rotatable bonds is 1. The van der Waals surface area contributed by atoms with E-state index in [0.29, 0.717) is 5.56 Å². The highest BCUT2D eigenvalue weighted by Gasteiger charge is 2.33. The summed E-state index contributed by atoms with van der Waals surface area (Å²) in [6.45, 7) is 1.30. The van der Waals surface area contributed by atoms with Crippen LogP contribution in [0, 0.1) is 0 Å². The topological polar surface area (TPSA) is 63.2 Å². The van der Waals surface area contributed by atoms with E-state index in [9.17, 15) is 14.4 Å². The second kappa shape index (κ2) is 5.23. The maximum atomic E-state index is 12.6. The van der Waals surface area contributed by atoms with Crippen LogP contribution in [0.5, 0.6) is 0 Å². The summed E-state index contributed by atoms with van der Waals surface area (Å²) in [5.41, 5.74) is 0.957. The predicted molar refractivity (Wildman–Crippen MR) is 84.1 cm³/mol. The van der Waals surface area contributed by atoms with E-state index >= 15 is 0 Å². The largest absolute Gasteiger partial charge is 0.324 e. The van der Waals surface area contributed by atoms with Gasteiger partial charge in [0.25, 0.3) is 0 Å². The van der Waals surface area contributed by atoms with Gasteiger partial charge in [0.1, 0.15) is 0 Å². The molecule has 0 saturated heterocycles. The maximum absolute atomic E-state index is 12.6. The molecule has 1 aliphatic carbocycles. The number of nitrogens with one attached hydrogen (secondary N) is 1. The lowest BCUT2D eigenvalue weighted by Crippen LogP contribution is -2.22. The van der Waals surface area contributed by atoms with E-state index in [0.717, 1.165) is 0 Å². The highest BCUT2D eigenvalue weighted by Crippen LogP contribution is 2.40. The first-order valence-electron chi connectivity index (χ1n) is 6.40. The third-order valence-corrected chi connectivity index (χ3v) is 4.08. The Labute approximate surface area is 136 Å². The molecule has 22 heavy (non-hydrogen) atoms. The van der Waals surface area contributed by atoms with Crippen molar-refractivity contribution >= 4 is 46.4 Å². The number of benzene rings is 2. The zero-order chi connectivity index (χ0) is 16.0. The molecule has 0 atom stereocenters. The molecule has 0 spiro atoms. The number of amides is 1. The molecule has 1 N–H and O–H groups in total. The number of halogens is 2. The van der Waals surface area contributed by atoms with Crippen molar-refractivity contribution in [3.63, 3.8) is 0 Å². The van der Waals surface area contributed by atoms with Crippen LogP contribution in [0.1, 0.15) is 38.8 Å². The van der Waals surface area contributed by atoms with Gasteiger partial charge in [-0.3, -0.25) is 14.4 Å². The lowest BCUT2D eigenvalue weighted by molar-refractivity contribution is -0.114. The van der Waals surface area contributed by atoms with Gasteiger partial charge in [0.2, 0.25) is 5.91 Å². The minimum Gasteiger partial charge on any atom is -0.324 e. The summed E-state index contributed by atoms with van der Waals surface area (Å²) in [4.78, 5) is 36.4. The SMILES string of the molecule is CC(=O)Nc1c(Cl)cc2c(c1Cl)C(=O)c1ccccc1C2=O.